The smallest absolute Gasteiger partial charge is 0.432 e. The van der Waals surface area contributed by atoms with E-state index in [9.17, 15) is 9.59 Å². The SMILES string of the molecule is C.C.C.C.C.C.C.C.C.C.CCCCCC[Si](C)(O)[Si](C)(O[Si](C)(OC)O[Si](C)(C)O[Si](O)(OC)OC)C1CCCCC1. The first-order valence-electron chi connectivity index (χ1n) is 12.4. The van der Waals surface area contributed by atoms with Crippen LogP contribution in [0, 0.1) is 0 Å². The van der Waals surface area contributed by atoms with Crippen LogP contribution in [0.15, 0.2) is 0 Å². The summed E-state index contributed by atoms with van der Waals surface area (Å²) < 4.78 is 35.5. The van der Waals surface area contributed by atoms with Crippen LogP contribution in [0.2, 0.25) is 44.3 Å². The Morgan fingerprint density at radius 2 is 1.02 bits per heavy atom. The van der Waals surface area contributed by atoms with Crippen molar-refractivity contribution in [2.45, 2.75) is 183 Å². The Balaban J connectivity index is -0.000000136. The maximum atomic E-state index is 12.0. The van der Waals surface area contributed by atoms with E-state index in [2.05, 4.69) is 20.0 Å². The standard InChI is InChI=1S/C20H50O8Si5.10CH4/c1-10-11-12-16-19-30(7,21)31(8,20-17-14-13-15-18-20)28-32(9,23-2)26-29(5,6)27-33(22,24-3)25-4;;;;;;;;;;/h20-22H,10-19H2,1-9H3;10*1H4. The van der Waals surface area contributed by atoms with Gasteiger partial charge in [-0.05, 0) is 37.8 Å². The Labute approximate surface area is 281 Å². The molecule has 8 nitrogen and oxygen atoms in total. The van der Waals surface area contributed by atoms with Crippen LogP contribution in [-0.2, 0) is 25.6 Å². The lowest BCUT2D eigenvalue weighted by Crippen LogP contribution is -2.70. The molecule has 1 rings (SSSR count). The van der Waals surface area contributed by atoms with Crippen molar-refractivity contribution in [2.75, 3.05) is 21.3 Å². The van der Waals surface area contributed by atoms with E-state index in [4.69, 9.17) is 25.6 Å². The Kier molecular flexibility index (Phi) is 49.2. The number of hydrogen-bond donors (Lipinski definition) is 2. The third-order valence-corrected chi connectivity index (χ3v) is 33.4. The summed E-state index contributed by atoms with van der Waals surface area (Å²) in [6.45, 7) is 12.1. The van der Waals surface area contributed by atoms with Gasteiger partial charge in [-0.25, -0.2) is 0 Å². The van der Waals surface area contributed by atoms with E-state index in [0.29, 0.717) is 5.54 Å². The Morgan fingerprint density at radius 1 is 0.581 bits per heavy atom. The molecule has 0 radical (unpaired) electrons. The van der Waals surface area contributed by atoms with E-state index < -0.39 is 42.1 Å². The molecule has 0 aromatic carbocycles. The maximum Gasteiger partial charge on any atom is 0.667 e. The highest BCUT2D eigenvalue weighted by atomic mass is 29.3. The predicted octanol–water partition coefficient (Wildman–Crippen LogP) is 11.2. The van der Waals surface area contributed by atoms with Crippen molar-refractivity contribution in [2.24, 2.45) is 0 Å². The van der Waals surface area contributed by atoms with Gasteiger partial charge in [0.15, 0.2) is 0 Å². The van der Waals surface area contributed by atoms with E-state index in [1.807, 2.05) is 19.6 Å². The third kappa shape index (κ3) is 21.3. The summed E-state index contributed by atoms with van der Waals surface area (Å²) in [5, 5.41) is 0. The van der Waals surface area contributed by atoms with E-state index >= 15 is 0 Å². The van der Waals surface area contributed by atoms with Crippen LogP contribution >= 0.6 is 0 Å². The van der Waals surface area contributed by atoms with Gasteiger partial charge >= 0.3 is 26.4 Å². The zero-order valence-electron chi connectivity index (χ0n) is 22.5. The number of hydrogen-bond acceptors (Lipinski definition) is 8. The van der Waals surface area contributed by atoms with E-state index in [-0.39, 0.29) is 74.3 Å². The molecule has 0 aromatic rings. The van der Waals surface area contributed by atoms with Crippen molar-refractivity contribution in [1.29, 1.82) is 0 Å². The second kappa shape index (κ2) is 30.1. The molecule has 0 spiro atoms. The van der Waals surface area contributed by atoms with Crippen LogP contribution in [0.4, 0.5) is 0 Å². The summed E-state index contributed by atoms with van der Waals surface area (Å²) in [5.74, 6) is 0. The fraction of sp³-hybridized carbons (Fsp3) is 1.00. The second-order valence-corrected chi connectivity index (χ2v) is 31.8. The van der Waals surface area contributed by atoms with Crippen molar-refractivity contribution < 1.29 is 35.2 Å². The van der Waals surface area contributed by atoms with E-state index in [1.54, 1.807) is 7.11 Å². The lowest BCUT2D eigenvalue weighted by atomic mass is 10.0. The van der Waals surface area contributed by atoms with Gasteiger partial charge in [-0.15, -0.1) is 0 Å². The molecule has 0 heterocycles. The first-order chi connectivity index (χ1) is 15.2. The summed E-state index contributed by atoms with van der Waals surface area (Å²) in [7, 11) is -10.9. The molecule has 1 aliphatic rings. The molecule has 13 heteroatoms. The fourth-order valence-corrected chi connectivity index (χ4v) is 31.1. The van der Waals surface area contributed by atoms with Gasteiger partial charge in [0.2, 0.25) is 15.7 Å². The molecule has 0 amide bonds. The highest BCUT2D eigenvalue weighted by molar-refractivity contribution is 7.37. The van der Waals surface area contributed by atoms with E-state index in [1.165, 1.54) is 46.3 Å². The van der Waals surface area contributed by atoms with Crippen LogP contribution in [-0.4, -0.2) is 73.0 Å². The average Bonchev–Trinajstić information content (AvgIpc) is 2.76. The van der Waals surface area contributed by atoms with Gasteiger partial charge in [0, 0.05) is 27.9 Å². The highest BCUT2D eigenvalue weighted by Crippen LogP contribution is 2.44. The van der Waals surface area contributed by atoms with Crippen molar-refractivity contribution in [3.8, 4) is 0 Å². The Morgan fingerprint density at radius 3 is 1.40 bits per heavy atom. The van der Waals surface area contributed by atoms with Crippen molar-refractivity contribution in [3.05, 3.63) is 0 Å². The molecular formula is C30H90O8Si5. The molecule has 1 aliphatic carbocycles. The molecule has 3 unspecified atom stereocenters. The van der Waals surface area contributed by atoms with Crippen LogP contribution in [0.25, 0.3) is 0 Å². The molecule has 1 saturated carbocycles. The summed E-state index contributed by atoms with van der Waals surface area (Å²) in [4.78, 5) is 22.5. The molecular weight excluding hydrogens is 629 g/mol. The van der Waals surface area contributed by atoms with Gasteiger partial charge < -0.3 is 35.2 Å². The predicted molar refractivity (Wildman–Crippen MR) is 210 cm³/mol. The molecule has 2 N–H and O–H groups in total. The fourth-order valence-electron chi connectivity index (χ4n) is 4.86. The number of rotatable bonds is 16. The molecule has 43 heavy (non-hydrogen) atoms. The zero-order chi connectivity index (χ0) is 25.4. The van der Waals surface area contributed by atoms with Gasteiger partial charge in [-0.2, -0.15) is 0 Å². The van der Waals surface area contributed by atoms with Crippen LogP contribution in [0.5, 0.6) is 0 Å². The zero-order valence-corrected chi connectivity index (χ0v) is 27.5. The van der Waals surface area contributed by atoms with Gasteiger partial charge in [-0.1, -0.05) is 139 Å². The molecule has 0 aromatic heterocycles. The van der Waals surface area contributed by atoms with Gasteiger partial charge in [-0.3, -0.25) is 0 Å². The summed E-state index contributed by atoms with van der Waals surface area (Å²) in [5.41, 5.74) is 0.402. The summed E-state index contributed by atoms with van der Waals surface area (Å²) in [6, 6.07) is 0.859. The minimum absolute atomic E-state index is 0. The Bertz CT molecular complexity index is 581. The first kappa shape index (κ1) is 70.2. The van der Waals surface area contributed by atoms with Crippen LogP contribution in [0.1, 0.15) is 139 Å². The van der Waals surface area contributed by atoms with Crippen molar-refractivity contribution in [3.63, 3.8) is 0 Å². The molecule has 1 fully saturated rings. The van der Waals surface area contributed by atoms with Crippen LogP contribution in [0.3, 0.4) is 0 Å². The minimum atomic E-state index is -3.78. The van der Waals surface area contributed by atoms with Gasteiger partial charge in [0.25, 0.3) is 0 Å². The monoisotopic (exact) mass is 719 g/mol. The van der Waals surface area contributed by atoms with Gasteiger partial charge in [0.05, 0.1) is 0 Å². The van der Waals surface area contributed by atoms with Crippen molar-refractivity contribution >= 4 is 42.1 Å². The average molecular weight is 719 g/mol. The molecule has 0 saturated heterocycles. The lowest BCUT2D eigenvalue weighted by molar-refractivity contribution is 0.0577. The third-order valence-electron chi connectivity index (χ3n) is 7.06. The second-order valence-electron chi connectivity index (χ2n) is 10.2. The van der Waals surface area contributed by atoms with Crippen LogP contribution < -0.4 is 0 Å². The normalized spacial score (nSPS) is 16.8. The van der Waals surface area contributed by atoms with E-state index in [0.717, 1.165) is 31.7 Å². The topological polar surface area (TPSA) is 95.8 Å². The summed E-state index contributed by atoms with van der Waals surface area (Å²) in [6.07, 6.45) is 10.4. The number of unbranched alkanes of at least 4 members (excludes halogenated alkanes) is 3. The van der Waals surface area contributed by atoms with Gasteiger partial charge in [0.1, 0.15) is 0 Å². The quantitative estimate of drug-likeness (QED) is 0.120. The summed E-state index contributed by atoms with van der Waals surface area (Å²) >= 11 is 0. The largest absolute Gasteiger partial charge is 0.667 e. The van der Waals surface area contributed by atoms with Crippen molar-refractivity contribution in [1.82, 2.24) is 0 Å². The molecule has 3 atom stereocenters. The maximum absolute atomic E-state index is 12.0. The lowest BCUT2D eigenvalue weighted by Gasteiger charge is -2.49. The molecule has 0 bridgehead atoms. The minimum Gasteiger partial charge on any atom is -0.432 e. The molecule has 0 aliphatic heterocycles. The molecule has 278 valence electrons. The first-order valence-corrected chi connectivity index (χ1v) is 25.3. The highest BCUT2D eigenvalue weighted by Gasteiger charge is 2.60. The Hall–Kier alpha value is 0.764.